The Kier molecular flexibility index (Phi) is 2.97. The van der Waals surface area contributed by atoms with Gasteiger partial charge in [0.1, 0.15) is 6.23 Å². The maximum absolute atomic E-state index is 5.87. The van der Waals surface area contributed by atoms with Gasteiger partial charge in [0.2, 0.25) is 0 Å². The van der Waals surface area contributed by atoms with E-state index in [0.717, 1.165) is 19.4 Å². The van der Waals surface area contributed by atoms with Crippen LogP contribution in [0.4, 0.5) is 0 Å². The van der Waals surface area contributed by atoms with Gasteiger partial charge in [0.05, 0.1) is 5.69 Å². The highest BCUT2D eigenvalue weighted by atomic mass is 16.5. The molecule has 18 heavy (non-hydrogen) atoms. The number of ether oxygens (including phenoxy) is 1. The van der Waals surface area contributed by atoms with E-state index in [9.17, 15) is 0 Å². The molecule has 3 heteroatoms. The molecule has 1 unspecified atom stereocenters. The van der Waals surface area contributed by atoms with Crippen molar-refractivity contribution in [2.45, 2.75) is 65.5 Å². The molecule has 0 N–H and O–H groups in total. The molecule has 1 aliphatic carbocycles. The van der Waals surface area contributed by atoms with Crippen LogP contribution < -0.4 is 0 Å². The van der Waals surface area contributed by atoms with Crippen molar-refractivity contribution >= 4 is 0 Å². The molecule has 100 valence electrons. The highest BCUT2D eigenvalue weighted by Gasteiger charge is 2.31. The van der Waals surface area contributed by atoms with E-state index in [1.165, 1.54) is 42.6 Å². The second-order valence-corrected chi connectivity index (χ2v) is 6.62. The van der Waals surface area contributed by atoms with E-state index in [2.05, 4.69) is 25.5 Å². The highest BCUT2D eigenvalue weighted by molar-refractivity contribution is 5.29. The molecular weight excluding hydrogens is 224 g/mol. The van der Waals surface area contributed by atoms with Gasteiger partial charge in [0, 0.05) is 12.3 Å². The summed E-state index contributed by atoms with van der Waals surface area (Å²) in [5, 5.41) is 4.86. The molecule has 0 aromatic carbocycles. The Morgan fingerprint density at radius 3 is 2.89 bits per heavy atom. The molecule has 1 aromatic heterocycles. The molecule has 0 radical (unpaired) electrons. The van der Waals surface area contributed by atoms with Crippen molar-refractivity contribution in [3.63, 3.8) is 0 Å². The Morgan fingerprint density at radius 2 is 2.17 bits per heavy atom. The van der Waals surface area contributed by atoms with Crippen molar-refractivity contribution in [1.82, 2.24) is 9.78 Å². The first-order chi connectivity index (χ1) is 8.57. The summed E-state index contributed by atoms with van der Waals surface area (Å²) in [5.74, 6) is 0. The van der Waals surface area contributed by atoms with E-state index in [1.807, 2.05) is 0 Å². The van der Waals surface area contributed by atoms with Crippen molar-refractivity contribution in [1.29, 1.82) is 0 Å². The van der Waals surface area contributed by atoms with Gasteiger partial charge in [-0.2, -0.15) is 5.10 Å². The van der Waals surface area contributed by atoms with E-state index in [4.69, 9.17) is 9.84 Å². The van der Waals surface area contributed by atoms with Gasteiger partial charge in [-0.05, 0) is 56.4 Å². The largest absolute Gasteiger partial charge is 0.357 e. The molecule has 0 bridgehead atoms. The average Bonchev–Trinajstić information content (AvgIpc) is 2.66. The summed E-state index contributed by atoms with van der Waals surface area (Å²) in [6.45, 7) is 7.80. The number of hydrogen-bond acceptors (Lipinski definition) is 2. The van der Waals surface area contributed by atoms with Crippen LogP contribution in [-0.4, -0.2) is 16.4 Å². The monoisotopic (exact) mass is 248 g/mol. The summed E-state index contributed by atoms with van der Waals surface area (Å²) >= 11 is 0. The molecule has 1 aliphatic heterocycles. The maximum Gasteiger partial charge on any atom is 0.150 e. The normalized spacial score (nSPS) is 26.9. The van der Waals surface area contributed by atoms with Crippen LogP contribution in [-0.2, 0) is 17.6 Å². The predicted molar refractivity (Wildman–Crippen MR) is 71.6 cm³/mol. The van der Waals surface area contributed by atoms with Crippen molar-refractivity contribution in [2.75, 3.05) is 6.61 Å². The fourth-order valence-electron chi connectivity index (χ4n) is 3.28. The maximum atomic E-state index is 5.87. The summed E-state index contributed by atoms with van der Waals surface area (Å²) in [7, 11) is 0. The number of nitrogens with zero attached hydrogens (tertiary/aromatic N) is 2. The predicted octanol–water partition coefficient (Wildman–Crippen LogP) is 3.41. The lowest BCUT2D eigenvalue weighted by Crippen LogP contribution is -2.22. The minimum absolute atomic E-state index is 0.187. The number of fused-ring (bicyclic) bond motifs is 1. The first-order valence-corrected chi connectivity index (χ1v) is 7.25. The molecule has 1 saturated heterocycles. The average molecular weight is 248 g/mol. The van der Waals surface area contributed by atoms with E-state index < -0.39 is 0 Å². The van der Waals surface area contributed by atoms with Crippen LogP contribution in [0, 0.1) is 12.3 Å². The molecular formula is C15H24N2O. The molecule has 1 aromatic rings. The zero-order chi connectivity index (χ0) is 12.8. The molecule has 3 nitrogen and oxygen atoms in total. The molecule has 0 amide bonds. The Balaban J connectivity index is 1.91. The molecule has 0 spiro atoms. The summed E-state index contributed by atoms with van der Waals surface area (Å²) in [5.41, 5.74) is 4.56. The molecule has 0 saturated carbocycles. The number of aromatic nitrogens is 2. The minimum Gasteiger partial charge on any atom is -0.357 e. The molecule has 1 fully saturated rings. The lowest BCUT2D eigenvalue weighted by atomic mass is 9.76. The molecule has 3 rings (SSSR count). The zero-order valence-electron chi connectivity index (χ0n) is 11.8. The fraction of sp³-hybridized carbons (Fsp3) is 0.800. The fourth-order valence-corrected chi connectivity index (χ4v) is 3.28. The third-order valence-corrected chi connectivity index (χ3v) is 4.48. The van der Waals surface area contributed by atoms with Gasteiger partial charge in [0.25, 0.3) is 0 Å². The number of rotatable bonds is 1. The van der Waals surface area contributed by atoms with E-state index in [-0.39, 0.29) is 6.23 Å². The van der Waals surface area contributed by atoms with Gasteiger partial charge >= 0.3 is 0 Å². The zero-order valence-corrected chi connectivity index (χ0v) is 11.8. The van der Waals surface area contributed by atoms with Gasteiger partial charge < -0.3 is 4.74 Å². The Morgan fingerprint density at radius 1 is 1.33 bits per heavy atom. The Bertz CT molecular complexity index is 442. The molecule has 2 aliphatic rings. The van der Waals surface area contributed by atoms with Crippen LogP contribution in [0.25, 0.3) is 0 Å². The lowest BCUT2D eigenvalue weighted by Gasteiger charge is -2.28. The summed E-state index contributed by atoms with van der Waals surface area (Å²) < 4.78 is 8.03. The van der Waals surface area contributed by atoms with Crippen LogP contribution >= 0.6 is 0 Å². The highest BCUT2D eigenvalue weighted by Crippen LogP contribution is 2.37. The summed E-state index contributed by atoms with van der Waals surface area (Å²) in [4.78, 5) is 0. The van der Waals surface area contributed by atoms with Crippen molar-refractivity contribution < 1.29 is 4.74 Å². The second-order valence-electron chi connectivity index (χ2n) is 6.62. The van der Waals surface area contributed by atoms with Crippen molar-refractivity contribution in [3.8, 4) is 0 Å². The first-order valence-electron chi connectivity index (χ1n) is 7.25. The third-order valence-electron chi connectivity index (χ3n) is 4.48. The van der Waals surface area contributed by atoms with E-state index >= 15 is 0 Å². The number of hydrogen-bond donors (Lipinski definition) is 0. The van der Waals surface area contributed by atoms with Crippen molar-refractivity contribution in [3.05, 3.63) is 17.0 Å². The van der Waals surface area contributed by atoms with Gasteiger partial charge in [-0.1, -0.05) is 13.8 Å². The van der Waals surface area contributed by atoms with Crippen LogP contribution in [0.15, 0.2) is 0 Å². The smallest absolute Gasteiger partial charge is 0.150 e. The first kappa shape index (κ1) is 12.2. The van der Waals surface area contributed by atoms with Gasteiger partial charge in [-0.15, -0.1) is 0 Å². The van der Waals surface area contributed by atoms with Crippen LogP contribution in [0.5, 0.6) is 0 Å². The topological polar surface area (TPSA) is 27.1 Å². The summed E-state index contributed by atoms with van der Waals surface area (Å²) in [6, 6.07) is 0. The quantitative estimate of drug-likeness (QED) is 0.761. The Hall–Kier alpha value is -0.830. The second kappa shape index (κ2) is 4.37. The van der Waals surface area contributed by atoms with Gasteiger partial charge in [-0.3, -0.25) is 0 Å². The SMILES string of the molecule is Cc1c2c(nn1C1CCCCO1)CC(C)(C)CC2. The van der Waals surface area contributed by atoms with Crippen LogP contribution in [0.2, 0.25) is 0 Å². The van der Waals surface area contributed by atoms with Crippen molar-refractivity contribution in [2.24, 2.45) is 5.41 Å². The Labute approximate surface area is 110 Å². The van der Waals surface area contributed by atoms with Crippen LogP contribution in [0.1, 0.15) is 62.7 Å². The lowest BCUT2D eigenvalue weighted by molar-refractivity contribution is -0.0409. The van der Waals surface area contributed by atoms with E-state index in [0.29, 0.717) is 5.41 Å². The van der Waals surface area contributed by atoms with Gasteiger partial charge in [-0.25, -0.2) is 4.68 Å². The molecule has 1 atom stereocenters. The molecule has 2 heterocycles. The van der Waals surface area contributed by atoms with Gasteiger partial charge in [0.15, 0.2) is 0 Å². The summed E-state index contributed by atoms with van der Waals surface area (Å²) in [6.07, 6.45) is 7.34. The third kappa shape index (κ3) is 2.09. The minimum atomic E-state index is 0.187. The standard InChI is InChI=1S/C15H24N2O/c1-11-12-7-8-15(2,3)10-13(12)16-17(11)14-6-4-5-9-18-14/h14H,4-10H2,1-3H3. The van der Waals surface area contributed by atoms with Crippen LogP contribution in [0.3, 0.4) is 0 Å². The van der Waals surface area contributed by atoms with E-state index in [1.54, 1.807) is 0 Å².